The Kier molecular flexibility index (Phi) is 33.4. The number of hydrogen-bond acceptors (Lipinski definition) is 15. The fraction of sp³-hybridized carbons (Fsp3) is 0.878. The zero-order valence-electron chi connectivity index (χ0n) is 42.5. The summed E-state index contributed by atoms with van der Waals surface area (Å²) in [6.07, 6.45) is 24.7. The van der Waals surface area contributed by atoms with Gasteiger partial charge in [-0.05, 0) is 30.7 Å². The maximum absolute atomic E-state index is 12.9. The molecule has 1 saturated heterocycles. The van der Waals surface area contributed by atoms with Gasteiger partial charge in [-0.2, -0.15) is 9.29 Å². The van der Waals surface area contributed by atoms with Gasteiger partial charge in [0, 0.05) is 19.0 Å². The zero-order chi connectivity index (χ0) is 50.9. The monoisotopic (exact) mass is 1020 g/mol. The summed E-state index contributed by atoms with van der Waals surface area (Å²) in [5, 5.41) is 20.9. The molecule has 1 fully saturated rings. The fourth-order valence-electron chi connectivity index (χ4n) is 8.18. The molecule has 1 aliphatic heterocycles. The number of aliphatic hydroxyl groups excluding tert-OH is 2. The molecule has 402 valence electrons. The van der Waals surface area contributed by atoms with Crippen molar-refractivity contribution in [3.63, 3.8) is 0 Å². The van der Waals surface area contributed by atoms with E-state index in [1.165, 1.54) is 121 Å². The molecule has 69 heavy (non-hydrogen) atoms. The number of phosphoric acid groups is 2. The van der Waals surface area contributed by atoms with E-state index in [9.17, 15) is 43.5 Å². The van der Waals surface area contributed by atoms with E-state index in [1.54, 1.807) is 0 Å². The van der Waals surface area contributed by atoms with Crippen LogP contribution in [0, 0.1) is 11.8 Å². The molecule has 20 heteroatoms. The Hall–Kier alpha value is -2.24. The van der Waals surface area contributed by atoms with Crippen LogP contribution in [-0.2, 0) is 46.3 Å². The van der Waals surface area contributed by atoms with Crippen molar-refractivity contribution in [1.29, 1.82) is 0 Å². The van der Waals surface area contributed by atoms with Crippen molar-refractivity contribution in [2.75, 3.05) is 25.6 Å². The van der Waals surface area contributed by atoms with E-state index in [0.717, 1.165) is 67.8 Å². The van der Waals surface area contributed by atoms with Gasteiger partial charge in [-0.15, -0.1) is 0 Å². The second-order valence-electron chi connectivity index (χ2n) is 19.5. The van der Waals surface area contributed by atoms with E-state index in [4.69, 9.17) is 29.0 Å². The highest BCUT2D eigenvalue weighted by atomic mass is 31.3. The Morgan fingerprint density at radius 3 is 1.65 bits per heavy atom. The molecule has 1 aromatic heterocycles. The molecule has 0 aromatic carbocycles. The molecule has 0 aliphatic carbocycles. The largest absolute Gasteiger partial charge is 0.481 e. The Morgan fingerprint density at radius 1 is 0.696 bits per heavy atom. The number of carbonyl (C=O) groups excluding carboxylic acids is 2. The lowest BCUT2D eigenvalue weighted by Crippen LogP contribution is -2.36. The van der Waals surface area contributed by atoms with E-state index in [1.807, 2.05) is 0 Å². The highest BCUT2D eigenvalue weighted by Crippen LogP contribution is 2.60. The Morgan fingerprint density at radius 2 is 1.16 bits per heavy atom. The number of aliphatic hydroxyl groups is 2. The fourth-order valence-corrected chi connectivity index (χ4v) is 10.3. The van der Waals surface area contributed by atoms with Crippen LogP contribution < -0.4 is 11.4 Å². The maximum Gasteiger partial charge on any atom is 0.481 e. The molecule has 1 aliphatic rings. The number of ether oxygens (including phenoxy) is 3. The number of phosphoric ester groups is 2. The first-order chi connectivity index (χ1) is 32.9. The molecule has 4 unspecified atom stereocenters. The second kappa shape index (κ2) is 36.6. The molecule has 2 rings (SSSR count). The first kappa shape index (κ1) is 62.9. The molecule has 1 aromatic rings. The van der Waals surface area contributed by atoms with E-state index in [0.29, 0.717) is 12.8 Å². The lowest BCUT2D eigenvalue weighted by Gasteiger charge is -2.21. The Labute approximate surface area is 412 Å². The van der Waals surface area contributed by atoms with Crippen molar-refractivity contribution in [3.05, 3.63) is 22.7 Å². The third kappa shape index (κ3) is 30.4. The topological polar surface area (TPSA) is 265 Å². The lowest BCUT2D eigenvalue weighted by atomic mass is 9.99. The summed E-state index contributed by atoms with van der Waals surface area (Å²) >= 11 is 0. The average Bonchev–Trinajstić information content (AvgIpc) is 3.57. The molecule has 6 N–H and O–H groups in total. The maximum atomic E-state index is 12.9. The highest BCUT2D eigenvalue weighted by Gasteiger charge is 2.46. The number of esters is 2. The molecule has 2 heterocycles. The molecule has 18 nitrogen and oxygen atoms in total. The van der Waals surface area contributed by atoms with Gasteiger partial charge in [-0.3, -0.25) is 23.2 Å². The predicted molar refractivity (Wildman–Crippen MR) is 266 cm³/mol. The van der Waals surface area contributed by atoms with Gasteiger partial charge in [0.1, 0.15) is 30.7 Å². The SMILES string of the molecule is CCC(C)CCCCCCCCCCCCC(=O)OC[C@H](COP(=O)(O)OP(=O)(O)OC[C@H]1O[C@@H](n2ccc(N)nc2=O)C(O)[C@H]1O)OC(=O)CCCCCCCCCCCCCCCCC(C)C. The summed E-state index contributed by atoms with van der Waals surface area (Å²) in [5.41, 5.74) is 4.60. The first-order valence-corrected chi connectivity index (χ1v) is 29.3. The van der Waals surface area contributed by atoms with E-state index >= 15 is 0 Å². The normalized spacial score (nSPS) is 19.8. The molecular formula is C49H91N3O15P2. The molecule has 0 saturated carbocycles. The van der Waals surface area contributed by atoms with Crippen LogP contribution in [0.3, 0.4) is 0 Å². The van der Waals surface area contributed by atoms with Gasteiger partial charge in [0.15, 0.2) is 12.3 Å². The van der Waals surface area contributed by atoms with Gasteiger partial charge in [-0.25, -0.2) is 13.9 Å². The minimum atomic E-state index is -5.42. The minimum Gasteiger partial charge on any atom is -0.462 e. The van der Waals surface area contributed by atoms with Crippen LogP contribution in [-0.4, -0.2) is 85.7 Å². The summed E-state index contributed by atoms with van der Waals surface area (Å²) in [6.45, 7) is 6.83. The summed E-state index contributed by atoms with van der Waals surface area (Å²) in [7, 11) is -10.8. The van der Waals surface area contributed by atoms with Crippen LogP contribution in [0.25, 0.3) is 0 Å². The number of carbonyl (C=O) groups is 2. The van der Waals surface area contributed by atoms with Gasteiger partial charge in [0.25, 0.3) is 0 Å². The predicted octanol–water partition coefficient (Wildman–Crippen LogP) is 10.8. The molecule has 0 bridgehead atoms. The number of nitrogen functional groups attached to an aromatic ring is 1. The number of anilines is 1. The van der Waals surface area contributed by atoms with Crippen molar-refractivity contribution in [1.82, 2.24) is 9.55 Å². The molecule has 0 radical (unpaired) electrons. The van der Waals surface area contributed by atoms with Crippen molar-refractivity contribution in [2.45, 2.75) is 245 Å². The smallest absolute Gasteiger partial charge is 0.462 e. The second-order valence-corrected chi connectivity index (χ2v) is 22.5. The van der Waals surface area contributed by atoms with Gasteiger partial charge in [0.05, 0.1) is 13.2 Å². The Bertz CT molecular complexity index is 1690. The number of unbranched alkanes of at least 4 members (excludes halogenated alkanes) is 22. The zero-order valence-corrected chi connectivity index (χ0v) is 44.3. The minimum absolute atomic E-state index is 0.0568. The molecule has 0 spiro atoms. The summed E-state index contributed by atoms with van der Waals surface area (Å²) in [5.74, 6) is 0.323. The molecule has 8 atom stereocenters. The third-order valence-corrected chi connectivity index (χ3v) is 15.3. The Balaban J connectivity index is 1.78. The molecule has 0 amide bonds. The molecular weight excluding hydrogens is 932 g/mol. The highest BCUT2D eigenvalue weighted by molar-refractivity contribution is 7.61. The van der Waals surface area contributed by atoms with Crippen LogP contribution in [0.15, 0.2) is 17.1 Å². The summed E-state index contributed by atoms with van der Waals surface area (Å²) in [4.78, 5) is 61.9. The van der Waals surface area contributed by atoms with Crippen molar-refractivity contribution in [3.8, 4) is 0 Å². The van der Waals surface area contributed by atoms with Crippen molar-refractivity contribution in [2.24, 2.45) is 11.8 Å². The lowest BCUT2D eigenvalue weighted by molar-refractivity contribution is -0.161. The van der Waals surface area contributed by atoms with Crippen LogP contribution in [0.4, 0.5) is 5.82 Å². The first-order valence-electron chi connectivity index (χ1n) is 26.3. The quantitative estimate of drug-likeness (QED) is 0.0231. The average molecular weight is 1020 g/mol. The van der Waals surface area contributed by atoms with E-state index in [2.05, 4.69) is 37.0 Å². The van der Waals surface area contributed by atoms with Gasteiger partial charge < -0.3 is 39.9 Å². The van der Waals surface area contributed by atoms with E-state index in [-0.39, 0.29) is 18.7 Å². The standard InChI is InChI=1S/C49H91N3O15P2/c1-5-40(4)31-27-23-19-15-12-13-16-20-24-28-32-44(53)62-36-41(65-45(54)33-29-25-21-17-11-9-7-6-8-10-14-18-22-26-30-39(2)3)37-63-68(58,59)67-69(60,61)64-38-42-46(55)47(56)48(66-42)52-35-34-43(50)51-49(52)57/h34-35,39-42,46-48,55-56H,5-33,36-38H2,1-4H3,(H,58,59)(H,60,61)(H2,50,51,57)/t40?,41-,42-,46+,47?,48-/m1/s1. The number of aromatic nitrogens is 2. The van der Waals surface area contributed by atoms with Gasteiger partial charge in [-0.1, -0.05) is 188 Å². The van der Waals surface area contributed by atoms with Gasteiger partial charge >= 0.3 is 33.3 Å². The van der Waals surface area contributed by atoms with Crippen molar-refractivity contribution >= 4 is 33.4 Å². The van der Waals surface area contributed by atoms with Gasteiger partial charge in [0.2, 0.25) is 0 Å². The number of rotatable bonds is 43. The van der Waals surface area contributed by atoms with E-state index < -0.39 is 83.7 Å². The van der Waals surface area contributed by atoms with Crippen LogP contribution >= 0.6 is 15.6 Å². The van der Waals surface area contributed by atoms with Crippen LogP contribution in [0.2, 0.25) is 0 Å². The third-order valence-electron chi connectivity index (χ3n) is 12.7. The summed E-state index contributed by atoms with van der Waals surface area (Å²) < 4.78 is 56.9. The summed E-state index contributed by atoms with van der Waals surface area (Å²) in [6, 6.07) is 1.25. The number of hydrogen-bond donors (Lipinski definition) is 5. The van der Waals surface area contributed by atoms with Crippen LogP contribution in [0.1, 0.15) is 220 Å². The number of nitrogens with zero attached hydrogens (tertiary/aromatic N) is 2. The van der Waals surface area contributed by atoms with Crippen molar-refractivity contribution < 1.29 is 66.3 Å². The van der Waals surface area contributed by atoms with Crippen LogP contribution in [0.5, 0.6) is 0 Å². The number of nitrogens with two attached hydrogens (primary N) is 1.